The van der Waals surface area contributed by atoms with Gasteiger partial charge in [0.15, 0.2) is 0 Å². The van der Waals surface area contributed by atoms with E-state index in [9.17, 15) is 13.2 Å². The fourth-order valence-electron chi connectivity index (χ4n) is 2.30. The van der Waals surface area contributed by atoms with E-state index >= 15 is 0 Å². The van der Waals surface area contributed by atoms with E-state index in [1.54, 1.807) is 23.9 Å². The lowest BCUT2D eigenvalue weighted by atomic mass is 10.2. The largest absolute Gasteiger partial charge is 0.351 e. The second-order valence-corrected chi connectivity index (χ2v) is 8.46. The van der Waals surface area contributed by atoms with Crippen LogP contribution >= 0.6 is 11.8 Å². The molecule has 0 bridgehead atoms. The highest BCUT2D eigenvalue weighted by Gasteiger charge is 2.25. The van der Waals surface area contributed by atoms with Gasteiger partial charge in [0.05, 0.1) is 4.90 Å². The van der Waals surface area contributed by atoms with Gasteiger partial charge in [-0.3, -0.25) is 4.79 Å². The summed E-state index contributed by atoms with van der Waals surface area (Å²) in [5.41, 5.74) is 0.478. The summed E-state index contributed by atoms with van der Waals surface area (Å²) in [5, 5.41) is 5.96. The third kappa shape index (κ3) is 4.94. The average molecular weight is 358 g/mol. The van der Waals surface area contributed by atoms with Crippen LogP contribution in [-0.4, -0.2) is 62.9 Å². The predicted octanol–water partition coefficient (Wildman–Crippen LogP) is 0.763. The Balaban J connectivity index is 1.99. The van der Waals surface area contributed by atoms with Crippen molar-refractivity contribution >= 4 is 27.7 Å². The molecule has 6 nitrogen and oxygen atoms in total. The number of nitrogens with one attached hydrogen (secondary N) is 2. The fourth-order valence-corrected chi connectivity index (χ4v) is 4.27. The van der Waals surface area contributed by atoms with E-state index in [-0.39, 0.29) is 10.8 Å². The number of sulfonamides is 1. The van der Waals surface area contributed by atoms with E-state index in [0.29, 0.717) is 38.3 Å². The molecule has 2 N–H and O–H groups in total. The Morgan fingerprint density at radius 3 is 2.52 bits per heavy atom. The molecule has 128 valence electrons. The molecule has 0 radical (unpaired) electrons. The number of rotatable bonds is 7. The summed E-state index contributed by atoms with van der Waals surface area (Å²) in [7, 11) is -3.47. The van der Waals surface area contributed by atoms with Gasteiger partial charge in [-0.2, -0.15) is 16.1 Å². The van der Waals surface area contributed by atoms with Crippen LogP contribution in [0.15, 0.2) is 29.2 Å². The van der Waals surface area contributed by atoms with Gasteiger partial charge in [0.2, 0.25) is 10.0 Å². The molecule has 1 aromatic rings. The van der Waals surface area contributed by atoms with Gasteiger partial charge in [-0.05, 0) is 30.0 Å². The molecule has 0 atom stereocenters. The SMILES string of the molecule is CCSCCNC(=O)c1ccc(S(=O)(=O)N2CCNCC2)cc1. The van der Waals surface area contributed by atoms with Gasteiger partial charge >= 0.3 is 0 Å². The van der Waals surface area contributed by atoms with Crippen molar-refractivity contribution < 1.29 is 13.2 Å². The minimum absolute atomic E-state index is 0.173. The number of hydrogen-bond acceptors (Lipinski definition) is 5. The van der Waals surface area contributed by atoms with Crippen LogP contribution in [0, 0.1) is 0 Å². The molecule has 2 rings (SSSR count). The molecule has 1 aromatic carbocycles. The van der Waals surface area contributed by atoms with Crippen LogP contribution in [0.25, 0.3) is 0 Å². The normalized spacial score (nSPS) is 16.2. The molecule has 0 aromatic heterocycles. The van der Waals surface area contributed by atoms with Gasteiger partial charge < -0.3 is 10.6 Å². The summed E-state index contributed by atoms with van der Waals surface area (Å²) in [5.74, 6) is 1.72. The number of nitrogens with zero attached hydrogens (tertiary/aromatic N) is 1. The first-order chi connectivity index (χ1) is 11.1. The Labute approximate surface area is 142 Å². The van der Waals surface area contributed by atoms with Gasteiger partial charge in [0.25, 0.3) is 5.91 Å². The smallest absolute Gasteiger partial charge is 0.251 e. The van der Waals surface area contributed by atoms with Crippen molar-refractivity contribution in [2.75, 3.05) is 44.2 Å². The Bertz CT molecular complexity index is 611. The molecule has 8 heteroatoms. The summed E-state index contributed by atoms with van der Waals surface area (Å²) in [6, 6.07) is 6.15. The van der Waals surface area contributed by atoms with Crippen LogP contribution in [0.1, 0.15) is 17.3 Å². The molecular formula is C15H23N3O3S2. The Kier molecular flexibility index (Phi) is 6.88. The summed E-state index contributed by atoms with van der Waals surface area (Å²) in [6.07, 6.45) is 0. The fraction of sp³-hybridized carbons (Fsp3) is 0.533. The number of piperazine rings is 1. The first kappa shape index (κ1) is 18.3. The van der Waals surface area contributed by atoms with Crippen molar-refractivity contribution in [3.8, 4) is 0 Å². The third-order valence-electron chi connectivity index (χ3n) is 3.57. The maximum Gasteiger partial charge on any atom is 0.251 e. The van der Waals surface area contributed by atoms with Crippen molar-refractivity contribution in [3.63, 3.8) is 0 Å². The van der Waals surface area contributed by atoms with Gasteiger partial charge in [0, 0.05) is 44.0 Å². The van der Waals surface area contributed by atoms with E-state index in [4.69, 9.17) is 0 Å². The van der Waals surface area contributed by atoms with Crippen molar-refractivity contribution in [1.29, 1.82) is 0 Å². The molecule has 1 amide bonds. The Hall–Kier alpha value is -1.09. The molecule has 0 unspecified atom stereocenters. The first-order valence-corrected chi connectivity index (χ1v) is 10.3. The molecule has 1 heterocycles. The van der Waals surface area contributed by atoms with Crippen LogP contribution < -0.4 is 10.6 Å². The summed E-state index contributed by atoms with van der Waals surface area (Å²) < 4.78 is 26.5. The van der Waals surface area contributed by atoms with Gasteiger partial charge in [0.1, 0.15) is 0 Å². The molecule has 0 spiro atoms. The van der Waals surface area contributed by atoms with E-state index in [0.717, 1.165) is 11.5 Å². The molecule has 1 aliphatic rings. The van der Waals surface area contributed by atoms with E-state index < -0.39 is 10.0 Å². The van der Waals surface area contributed by atoms with E-state index in [2.05, 4.69) is 17.6 Å². The standard InChI is InChI=1S/C15H23N3O3S2/c1-2-22-12-9-17-15(19)13-3-5-14(6-4-13)23(20,21)18-10-7-16-8-11-18/h3-6,16H,2,7-12H2,1H3,(H,17,19). The molecule has 1 fully saturated rings. The van der Waals surface area contributed by atoms with Crippen LogP contribution in [0.4, 0.5) is 0 Å². The van der Waals surface area contributed by atoms with Gasteiger partial charge in [-0.1, -0.05) is 6.92 Å². The van der Waals surface area contributed by atoms with Crippen molar-refractivity contribution in [1.82, 2.24) is 14.9 Å². The van der Waals surface area contributed by atoms with Crippen LogP contribution in [-0.2, 0) is 10.0 Å². The first-order valence-electron chi connectivity index (χ1n) is 7.72. The highest BCUT2D eigenvalue weighted by atomic mass is 32.2. The topological polar surface area (TPSA) is 78.5 Å². The van der Waals surface area contributed by atoms with E-state index in [1.807, 2.05) is 0 Å². The number of amides is 1. The monoisotopic (exact) mass is 357 g/mol. The number of thioether (sulfide) groups is 1. The van der Waals surface area contributed by atoms with Crippen LogP contribution in [0.2, 0.25) is 0 Å². The summed E-state index contributed by atoms with van der Waals surface area (Å²) in [4.78, 5) is 12.2. The molecule has 23 heavy (non-hydrogen) atoms. The second kappa shape index (κ2) is 8.68. The zero-order chi connectivity index (χ0) is 16.7. The summed E-state index contributed by atoms with van der Waals surface area (Å²) in [6.45, 7) is 4.95. The Morgan fingerprint density at radius 1 is 1.26 bits per heavy atom. The number of carbonyl (C=O) groups excluding carboxylic acids is 1. The number of hydrogen-bond donors (Lipinski definition) is 2. The van der Waals surface area contributed by atoms with Gasteiger partial charge in [-0.15, -0.1) is 0 Å². The predicted molar refractivity (Wildman–Crippen MR) is 93.4 cm³/mol. The van der Waals surface area contributed by atoms with E-state index in [1.165, 1.54) is 16.4 Å². The lowest BCUT2D eigenvalue weighted by Gasteiger charge is -2.26. The van der Waals surface area contributed by atoms with Crippen LogP contribution in [0.5, 0.6) is 0 Å². The molecule has 1 saturated heterocycles. The quantitative estimate of drug-likeness (QED) is 0.705. The molecular weight excluding hydrogens is 334 g/mol. The minimum Gasteiger partial charge on any atom is -0.351 e. The van der Waals surface area contributed by atoms with Crippen molar-refractivity contribution in [2.45, 2.75) is 11.8 Å². The maximum atomic E-state index is 12.5. The highest BCUT2D eigenvalue weighted by Crippen LogP contribution is 2.17. The highest BCUT2D eigenvalue weighted by molar-refractivity contribution is 7.99. The molecule has 0 saturated carbocycles. The van der Waals surface area contributed by atoms with Crippen molar-refractivity contribution in [2.24, 2.45) is 0 Å². The second-order valence-electron chi connectivity index (χ2n) is 5.13. The third-order valence-corrected chi connectivity index (χ3v) is 6.38. The Morgan fingerprint density at radius 2 is 1.91 bits per heavy atom. The van der Waals surface area contributed by atoms with Crippen LogP contribution in [0.3, 0.4) is 0 Å². The summed E-state index contributed by atoms with van der Waals surface area (Å²) >= 11 is 1.76. The molecule has 0 aliphatic carbocycles. The molecule has 1 aliphatic heterocycles. The maximum absolute atomic E-state index is 12.5. The van der Waals surface area contributed by atoms with Crippen molar-refractivity contribution in [3.05, 3.63) is 29.8 Å². The zero-order valence-electron chi connectivity index (χ0n) is 13.2. The lowest BCUT2D eigenvalue weighted by molar-refractivity contribution is 0.0956. The minimum atomic E-state index is -3.47. The zero-order valence-corrected chi connectivity index (χ0v) is 14.9. The lowest BCUT2D eigenvalue weighted by Crippen LogP contribution is -2.46. The van der Waals surface area contributed by atoms with Gasteiger partial charge in [-0.25, -0.2) is 8.42 Å². The number of benzene rings is 1. The number of carbonyl (C=O) groups is 1. The average Bonchev–Trinajstić information content (AvgIpc) is 2.59.